The monoisotopic (exact) mass is 280 g/mol. The van der Waals surface area contributed by atoms with Crippen LogP contribution in [0.2, 0.25) is 5.02 Å². The summed E-state index contributed by atoms with van der Waals surface area (Å²) in [6.07, 6.45) is 3.25. The van der Waals surface area contributed by atoms with Gasteiger partial charge in [0.1, 0.15) is 5.52 Å². The zero-order valence-electron chi connectivity index (χ0n) is 10.7. The van der Waals surface area contributed by atoms with Crippen molar-refractivity contribution < 1.29 is 9.15 Å². The number of fused-ring (bicyclic) bond motifs is 1. The number of nitrogens with one attached hydrogen (secondary N) is 1. The molecule has 4 nitrogen and oxygen atoms in total. The lowest BCUT2D eigenvalue weighted by Crippen LogP contribution is -2.32. The molecule has 1 aliphatic heterocycles. The van der Waals surface area contributed by atoms with Crippen LogP contribution in [0.3, 0.4) is 0 Å². The van der Waals surface area contributed by atoms with Crippen LogP contribution < -0.4 is 5.32 Å². The van der Waals surface area contributed by atoms with E-state index in [1.807, 2.05) is 18.2 Å². The molecule has 0 amide bonds. The highest BCUT2D eigenvalue weighted by Gasteiger charge is 2.13. The predicted molar refractivity (Wildman–Crippen MR) is 74.6 cm³/mol. The minimum absolute atomic E-state index is 0.375. The van der Waals surface area contributed by atoms with E-state index >= 15 is 0 Å². The van der Waals surface area contributed by atoms with E-state index in [1.54, 1.807) is 0 Å². The second-order valence-corrected chi connectivity index (χ2v) is 5.23. The lowest BCUT2D eigenvalue weighted by Gasteiger charge is -2.22. The van der Waals surface area contributed by atoms with Gasteiger partial charge >= 0.3 is 0 Å². The van der Waals surface area contributed by atoms with Crippen LogP contribution in [0.15, 0.2) is 22.6 Å². The first kappa shape index (κ1) is 12.9. The van der Waals surface area contributed by atoms with E-state index in [2.05, 4.69) is 10.3 Å². The first-order valence-corrected chi connectivity index (χ1v) is 7.06. The highest BCUT2D eigenvalue weighted by atomic mass is 35.5. The third-order valence-electron chi connectivity index (χ3n) is 3.35. The Morgan fingerprint density at radius 3 is 3.05 bits per heavy atom. The molecule has 2 aromatic rings. The number of hydrogen-bond acceptors (Lipinski definition) is 4. The summed E-state index contributed by atoms with van der Waals surface area (Å²) in [5.41, 5.74) is 1.59. The lowest BCUT2D eigenvalue weighted by molar-refractivity contribution is 0.0328. The highest BCUT2D eigenvalue weighted by Crippen LogP contribution is 2.20. The van der Waals surface area contributed by atoms with Crippen molar-refractivity contribution in [3.05, 3.63) is 29.1 Å². The summed E-state index contributed by atoms with van der Waals surface area (Å²) in [5.74, 6) is 0.714. The standard InChI is InChI=1S/C14H17ClN2O2/c15-10-1-2-13-12(9-10)17-14(19-13)5-8-18-11-3-6-16-7-4-11/h1-2,9,11,16H,3-8H2. The zero-order chi connectivity index (χ0) is 13.1. The first-order valence-electron chi connectivity index (χ1n) is 6.68. The largest absolute Gasteiger partial charge is 0.441 e. The molecular formula is C14H17ClN2O2. The van der Waals surface area contributed by atoms with Crippen molar-refractivity contribution in [3.8, 4) is 0 Å². The first-order chi connectivity index (χ1) is 9.31. The van der Waals surface area contributed by atoms with Gasteiger partial charge in [0.2, 0.25) is 0 Å². The van der Waals surface area contributed by atoms with Crippen molar-refractivity contribution in [1.82, 2.24) is 10.3 Å². The Morgan fingerprint density at radius 1 is 1.37 bits per heavy atom. The molecule has 0 atom stereocenters. The fraction of sp³-hybridized carbons (Fsp3) is 0.500. The number of ether oxygens (including phenoxy) is 1. The van der Waals surface area contributed by atoms with Crippen LogP contribution in [0.5, 0.6) is 0 Å². The Hall–Kier alpha value is -1.10. The third-order valence-corrected chi connectivity index (χ3v) is 3.58. The topological polar surface area (TPSA) is 47.3 Å². The third kappa shape index (κ3) is 3.26. The van der Waals surface area contributed by atoms with Gasteiger partial charge in [-0.15, -0.1) is 0 Å². The molecule has 0 unspecified atom stereocenters. The van der Waals surface area contributed by atoms with Crippen molar-refractivity contribution in [1.29, 1.82) is 0 Å². The summed E-state index contributed by atoms with van der Waals surface area (Å²) in [6.45, 7) is 2.75. The van der Waals surface area contributed by atoms with E-state index in [0.29, 0.717) is 30.0 Å². The van der Waals surface area contributed by atoms with Crippen LogP contribution >= 0.6 is 11.6 Å². The molecule has 1 aromatic heterocycles. The Kier molecular flexibility index (Phi) is 4.01. The molecule has 1 aromatic carbocycles. The lowest BCUT2D eigenvalue weighted by atomic mass is 10.1. The van der Waals surface area contributed by atoms with Gasteiger partial charge in [-0.3, -0.25) is 0 Å². The van der Waals surface area contributed by atoms with Crippen LogP contribution in [0, 0.1) is 0 Å². The fourth-order valence-corrected chi connectivity index (χ4v) is 2.50. The van der Waals surface area contributed by atoms with Crippen molar-refractivity contribution in [2.24, 2.45) is 0 Å². The SMILES string of the molecule is Clc1ccc2oc(CCOC3CCNCC3)nc2c1. The van der Waals surface area contributed by atoms with Gasteiger partial charge in [-0.25, -0.2) is 4.98 Å². The molecule has 1 aliphatic rings. The van der Waals surface area contributed by atoms with Crippen molar-refractivity contribution >= 4 is 22.7 Å². The number of hydrogen-bond donors (Lipinski definition) is 1. The Bertz CT molecular complexity index is 549. The summed E-state index contributed by atoms with van der Waals surface area (Å²) in [5, 5.41) is 4.00. The van der Waals surface area contributed by atoms with Crippen LogP contribution in [0.25, 0.3) is 11.1 Å². The van der Waals surface area contributed by atoms with E-state index in [4.69, 9.17) is 20.8 Å². The van der Waals surface area contributed by atoms with Gasteiger partial charge in [-0.05, 0) is 44.1 Å². The average molecular weight is 281 g/mol. The van der Waals surface area contributed by atoms with Crippen molar-refractivity contribution in [2.75, 3.05) is 19.7 Å². The van der Waals surface area contributed by atoms with Gasteiger partial charge in [-0.2, -0.15) is 0 Å². The predicted octanol–water partition coefficient (Wildman–Crippen LogP) is 2.79. The van der Waals surface area contributed by atoms with Gasteiger partial charge in [0.15, 0.2) is 11.5 Å². The zero-order valence-corrected chi connectivity index (χ0v) is 11.4. The number of piperidine rings is 1. The summed E-state index contributed by atoms with van der Waals surface area (Å²) >= 11 is 5.92. The maximum atomic E-state index is 5.92. The Morgan fingerprint density at radius 2 is 2.21 bits per heavy atom. The highest BCUT2D eigenvalue weighted by molar-refractivity contribution is 6.31. The number of nitrogens with zero attached hydrogens (tertiary/aromatic N) is 1. The van der Waals surface area contributed by atoms with Gasteiger partial charge < -0.3 is 14.5 Å². The van der Waals surface area contributed by atoms with Crippen molar-refractivity contribution in [2.45, 2.75) is 25.4 Å². The molecule has 1 saturated heterocycles. The minimum atomic E-state index is 0.375. The number of halogens is 1. The summed E-state index contributed by atoms with van der Waals surface area (Å²) in [6, 6.07) is 5.48. The molecule has 2 heterocycles. The molecule has 1 fully saturated rings. The average Bonchev–Trinajstić information content (AvgIpc) is 2.82. The van der Waals surface area contributed by atoms with E-state index in [9.17, 15) is 0 Å². The number of rotatable bonds is 4. The molecular weight excluding hydrogens is 264 g/mol. The Labute approximate surface area is 117 Å². The van der Waals surface area contributed by atoms with E-state index in [1.165, 1.54) is 0 Å². The molecule has 0 spiro atoms. The Balaban J connectivity index is 1.56. The summed E-state index contributed by atoms with van der Waals surface area (Å²) < 4.78 is 11.5. The van der Waals surface area contributed by atoms with Gasteiger partial charge in [0.25, 0.3) is 0 Å². The van der Waals surface area contributed by atoms with Crippen LogP contribution in [0.1, 0.15) is 18.7 Å². The van der Waals surface area contributed by atoms with Gasteiger partial charge in [0, 0.05) is 11.4 Å². The molecule has 102 valence electrons. The molecule has 5 heteroatoms. The van der Waals surface area contributed by atoms with Gasteiger partial charge in [0.05, 0.1) is 12.7 Å². The molecule has 1 N–H and O–H groups in total. The van der Waals surface area contributed by atoms with Crippen molar-refractivity contribution in [3.63, 3.8) is 0 Å². The second-order valence-electron chi connectivity index (χ2n) is 4.79. The maximum Gasteiger partial charge on any atom is 0.197 e. The van der Waals surface area contributed by atoms with E-state index in [-0.39, 0.29) is 0 Å². The molecule has 0 radical (unpaired) electrons. The molecule has 3 rings (SSSR count). The van der Waals surface area contributed by atoms with Crippen LogP contribution in [-0.4, -0.2) is 30.8 Å². The maximum absolute atomic E-state index is 5.92. The van der Waals surface area contributed by atoms with E-state index < -0.39 is 0 Å². The molecule has 19 heavy (non-hydrogen) atoms. The van der Waals surface area contributed by atoms with Crippen LogP contribution in [-0.2, 0) is 11.2 Å². The number of oxazole rings is 1. The fourth-order valence-electron chi connectivity index (χ4n) is 2.33. The van der Waals surface area contributed by atoms with Crippen LogP contribution in [0.4, 0.5) is 0 Å². The normalized spacial score (nSPS) is 17.1. The second kappa shape index (κ2) is 5.90. The molecule has 0 aliphatic carbocycles. The number of benzene rings is 1. The minimum Gasteiger partial charge on any atom is -0.441 e. The molecule has 0 saturated carbocycles. The number of aromatic nitrogens is 1. The summed E-state index contributed by atoms with van der Waals surface area (Å²) in [4.78, 5) is 4.41. The quantitative estimate of drug-likeness (QED) is 0.935. The van der Waals surface area contributed by atoms with E-state index in [0.717, 1.165) is 37.0 Å². The smallest absolute Gasteiger partial charge is 0.197 e. The molecule has 0 bridgehead atoms. The summed E-state index contributed by atoms with van der Waals surface area (Å²) in [7, 11) is 0. The van der Waals surface area contributed by atoms with Gasteiger partial charge in [-0.1, -0.05) is 11.6 Å².